The Morgan fingerprint density at radius 3 is 2.37 bits per heavy atom. The highest BCUT2D eigenvalue weighted by atomic mass is 32.2. The molecule has 0 bridgehead atoms. The highest BCUT2D eigenvalue weighted by Gasteiger charge is 2.25. The van der Waals surface area contributed by atoms with Gasteiger partial charge in [0.05, 0.1) is 6.26 Å². The minimum Gasteiger partial charge on any atom is -0.356 e. The van der Waals surface area contributed by atoms with Gasteiger partial charge in [-0.05, 0) is 18.4 Å². The van der Waals surface area contributed by atoms with E-state index < -0.39 is 10.0 Å². The molecule has 1 aromatic carbocycles. The van der Waals surface area contributed by atoms with E-state index in [1.165, 1.54) is 11.8 Å². The third-order valence-corrected chi connectivity index (χ3v) is 5.57. The number of guanidine groups is 1. The predicted molar refractivity (Wildman–Crippen MR) is 111 cm³/mol. The lowest BCUT2D eigenvalue weighted by atomic mass is 10.0. The Labute approximate surface area is 163 Å². The molecule has 27 heavy (non-hydrogen) atoms. The van der Waals surface area contributed by atoms with Crippen molar-refractivity contribution in [2.75, 3.05) is 52.6 Å². The van der Waals surface area contributed by atoms with E-state index in [9.17, 15) is 8.42 Å². The first-order valence-electron chi connectivity index (χ1n) is 9.64. The van der Waals surface area contributed by atoms with Crippen LogP contribution in [0.1, 0.15) is 31.4 Å². The fourth-order valence-electron chi connectivity index (χ4n) is 3.50. The largest absolute Gasteiger partial charge is 0.356 e. The van der Waals surface area contributed by atoms with Crippen LogP contribution in [0.4, 0.5) is 0 Å². The molecule has 1 atom stereocenters. The van der Waals surface area contributed by atoms with Crippen LogP contribution in [-0.2, 0) is 10.0 Å². The number of rotatable bonds is 8. The van der Waals surface area contributed by atoms with Gasteiger partial charge >= 0.3 is 0 Å². The highest BCUT2D eigenvalue weighted by molar-refractivity contribution is 7.88. The van der Waals surface area contributed by atoms with Crippen molar-refractivity contribution in [1.82, 2.24) is 19.8 Å². The van der Waals surface area contributed by atoms with Crippen molar-refractivity contribution < 1.29 is 8.42 Å². The molecule has 1 aliphatic rings. The third kappa shape index (κ3) is 7.12. The topological polar surface area (TPSA) is 77.0 Å². The number of aliphatic imine (C=N–C) groups is 1. The van der Waals surface area contributed by atoms with Gasteiger partial charge in [-0.1, -0.05) is 37.3 Å². The summed E-state index contributed by atoms with van der Waals surface area (Å²) in [5.74, 6) is 0.891. The van der Waals surface area contributed by atoms with E-state index >= 15 is 0 Å². The monoisotopic (exact) mass is 395 g/mol. The van der Waals surface area contributed by atoms with Crippen LogP contribution in [0.5, 0.6) is 0 Å². The van der Waals surface area contributed by atoms with Gasteiger partial charge in [-0.2, -0.15) is 0 Å². The van der Waals surface area contributed by atoms with E-state index in [4.69, 9.17) is 0 Å². The van der Waals surface area contributed by atoms with Crippen LogP contribution >= 0.6 is 0 Å². The standard InChI is InChI=1S/C19H33N5O2S/c1-4-18(17-9-6-5-7-10-17)23-13-15-24(16-14-23)19(20-2)21-11-8-12-22-27(3,25)26/h5-7,9-10,18,22H,4,8,11-16H2,1-3H3,(H,20,21). The maximum Gasteiger partial charge on any atom is 0.208 e. The Balaban J connectivity index is 1.79. The number of sulfonamides is 1. The first kappa shape index (κ1) is 21.7. The molecule has 1 saturated heterocycles. The number of hydrogen-bond donors (Lipinski definition) is 2. The van der Waals surface area contributed by atoms with Gasteiger partial charge in [0.25, 0.3) is 0 Å². The van der Waals surface area contributed by atoms with E-state index in [1.54, 1.807) is 7.05 Å². The Morgan fingerprint density at radius 1 is 1.15 bits per heavy atom. The summed E-state index contributed by atoms with van der Waals surface area (Å²) in [5, 5.41) is 3.34. The zero-order valence-corrected chi connectivity index (χ0v) is 17.5. The van der Waals surface area contributed by atoms with Crippen LogP contribution in [0.2, 0.25) is 0 Å². The summed E-state index contributed by atoms with van der Waals surface area (Å²) in [4.78, 5) is 9.21. The second-order valence-electron chi connectivity index (χ2n) is 6.85. The molecule has 0 amide bonds. The Kier molecular flexibility index (Phi) is 8.53. The Morgan fingerprint density at radius 2 is 1.81 bits per heavy atom. The number of nitrogens with zero attached hydrogens (tertiary/aromatic N) is 3. The van der Waals surface area contributed by atoms with E-state index in [1.807, 2.05) is 0 Å². The molecule has 1 aliphatic heterocycles. The van der Waals surface area contributed by atoms with Crippen molar-refractivity contribution in [2.24, 2.45) is 4.99 Å². The number of hydrogen-bond acceptors (Lipinski definition) is 4. The maximum absolute atomic E-state index is 11.1. The molecule has 0 aliphatic carbocycles. The molecule has 0 saturated carbocycles. The first-order chi connectivity index (χ1) is 12.9. The van der Waals surface area contributed by atoms with E-state index in [2.05, 4.69) is 62.1 Å². The molecule has 7 nitrogen and oxygen atoms in total. The molecular formula is C19H33N5O2S. The number of benzene rings is 1. The molecule has 0 aromatic heterocycles. The van der Waals surface area contributed by atoms with Crippen molar-refractivity contribution in [3.05, 3.63) is 35.9 Å². The van der Waals surface area contributed by atoms with Crippen LogP contribution < -0.4 is 10.0 Å². The molecule has 1 aromatic rings. The van der Waals surface area contributed by atoms with E-state index in [0.29, 0.717) is 19.1 Å². The van der Waals surface area contributed by atoms with Gasteiger partial charge < -0.3 is 10.2 Å². The van der Waals surface area contributed by atoms with Gasteiger partial charge in [-0.25, -0.2) is 13.1 Å². The van der Waals surface area contributed by atoms with Crippen molar-refractivity contribution in [1.29, 1.82) is 0 Å². The average molecular weight is 396 g/mol. The van der Waals surface area contributed by atoms with E-state index in [-0.39, 0.29) is 0 Å². The minimum absolute atomic E-state index is 0.436. The van der Waals surface area contributed by atoms with Gasteiger partial charge in [0.15, 0.2) is 5.96 Å². The molecular weight excluding hydrogens is 362 g/mol. The minimum atomic E-state index is -3.11. The summed E-state index contributed by atoms with van der Waals surface area (Å²) in [5.41, 5.74) is 1.38. The third-order valence-electron chi connectivity index (χ3n) is 4.84. The van der Waals surface area contributed by atoms with Gasteiger partial charge in [-0.3, -0.25) is 9.89 Å². The van der Waals surface area contributed by atoms with E-state index in [0.717, 1.165) is 45.0 Å². The summed E-state index contributed by atoms with van der Waals surface area (Å²) in [6.07, 6.45) is 3.00. The van der Waals surface area contributed by atoms with Crippen LogP contribution in [-0.4, -0.2) is 76.7 Å². The van der Waals surface area contributed by atoms with Crippen LogP contribution in [0.15, 0.2) is 35.3 Å². The van der Waals surface area contributed by atoms with Crippen molar-refractivity contribution in [3.63, 3.8) is 0 Å². The predicted octanol–water partition coefficient (Wildman–Crippen LogP) is 1.27. The summed E-state index contributed by atoms with van der Waals surface area (Å²) in [6.45, 7) is 7.25. The lowest BCUT2D eigenvalue weighted by molar-refractivity contribution is 0.127. The Bertz CT molecular complexity index is 685. The second kappa shape index (κ2) is 10.6. The summed E-state index contributed by atoms with van der Waals surface area (Å²) in [6, 6.07) is 11.2. The van der Waals surface area contributed by atoms with Crippen molar-refractivity contribution >= 4 is 16.0 Å². The lowest BCUT2D eigenvalue weighted by Crippen LogP contribution is -2.53. The lowest BCUT2D eigenvalue weighted by Gasteiger charge is -2.40. The summed E-state index contributed by atoms with van der Waals surface area (Å²) >= 11 is 0. The molecule has 2 N–H and O–H groups in total. The highest BCUT2D eigenvalue weighted by Crippen LogP contribution is 2.25. The quantitative estimate of drug-likeness (QED) is 0.394. The maximum atomic E-state index is 11.1. The van der Waals surface area contributed by atoms with Gasteiger partial charge in [0, 0.05) is 52.4 Å². The number of piperazine rings is 1. The zero-order chi connectivity index (χ0) is 19.7. The normalized spacial score (nSPS) is 17.7. The molecule has 1 heterocycles. The molecule has 0 spiro atoms. The first-order valence-corrected chi connectivity index (χ1v) is 11.5. The smallest absolute Gasteiger partial charge is 0.208 e. The fourth-order valence-corrected chi connectivity index (χ4v) is 4.02. The Hall–Kier alpha value is -1.64. The average Bonchev–Trinajstić information content (AvgIpc) is 2.66. The van der Waals surface area contributed by atoms with Crippen molar-refractivity contribution in [2.45, 2.75) is 25.8 Å². The summed E-state index contributed by atoms with van der Waals surface area (Å²) in [7, 11) is -1.32. The van der Waals surface area contributed by atoms with Crippen LogP contribution in [0, 0.1) is 0 Å². The van der Waals surface area contributed by atoms with Gasteiger partial charge in [0.2, 0.25) is 10.0 Å². The zero-order valence-electron chi connectivity index (χ0n) is 16.7. The van der Waals surface area contributed by atoms with Gasteiger partial charge in [0.1, 0.15) is 0 Å². The SMILES string of the molecule is CCC(c1ccccc1)N1CCN(C(=NC)NCCCNS(C)(=O)=O)CC1. The second-order valence-corrected chi connectivity index (χ2v) is 8.68. The van der Waals surface area contributed by atoms with Crippen LogP contribution in [0.3, 0.4) is 0 Å². The number of nitrogens with one attached hydrogen (secondary N) is 2. The molecule has 152 valence electrons. The van der Waals surface area contributed by atoms with Gasteiger partial charge in [-0.15, -0.1) is 0 Å². The molecule has 2 rings (SSSR count). The summed E-state index contributed by atoms with van der Waals surface area (Å²) < 4.78 is 24.7. The van der Waals surface area contributed by atoms with Crippen LogP contribution in [0.25, 0.3) is 0 Å². The molecule has 1 fully saturated rings. The molecule has 0 radical (unpaired) electrons. The fraction of sp³-hybridized carbons (Fsp3) is 0.632. The van der Waals surface area contributed by atoms with Crippen molar-refractivity contribution in [3.8, 4) is 0 Å². The molecule has 1 unspecified atom stereocenters. The molecule has 8 heteroatoms.